The van der Waals surface area contributed by atoms with E-state index in [4.69, 9.17) is 4.42 Å². The molecule has 1 aliphatic heterocycles. The molecule has 1 unspecified atom stereocenters. The molecule has 3 rings (SSSR count). The van der Waals surface area contributed by atoms with E-state index in [9.17, 15) is 14.7 Å². The molecule has 1 atom stereocenters. The molecule has 2 aromatic rings. The highest BCUT2D eigenvalue weighted by Crippen LogP contribution is 2.26. The van der Waals surface area contributed by atoms with Crippen LogP contribution in [0.25, 0.3) is 11.1 Å². The maximum absolute atomic E-state index is 12.4. The second-order valence-corrected chi connectivity index (χ2v) is 6.79. The summed E-state index contributed by atoms with van der Waals surface area (Å²) in [6, 6.07) is 8.24. The highest BCUT2D eigenvalue weighted by atomic mass is 16.4. The van der Waals surface area contributed by atoms with E-state index < -0.39 is 11.9 Å². The average Bonchev–Trinajstić information content (AvgIpc) is 3.09. The number of aliphatic carboxylic acids is 1. The molecule has 1 amide bonds. The number of amides is 1. The second-order valence-electron chi connectivity index (χ2n) is 6.79. The van der Waals surface area contributed by atoms with Gasteiger partial charge in [-0.15, -0.1) is 0 Å². The van der Waals surface area contributed by atoms with E-state index in [1.807, 2.05) is 31.2 Å². The first-order chi connectivity index (χ1) is 12.6. The number of carboxylic acid groups (broad SMARTS) is 1. The van der Waals surface area contributed by atoms with Crippen LogP contribution in [0.15, 0.2) is 28.7 Å². The third kappa shape index (κ3) is 4.15. The normalized spacial score (nSPS) is 16.6. The molecule has 1 saturated heterocycles. The fourth-order valence-corrected chi connectivity index (χ4v) is 3.36. The number of para-hydroxylation sites is 2. The highest BCUT2D eigenvalue weighted by molar-refractivity contribution is 5.80. The van der Waals surface area contributed by atoms with Gasteiger partial charge < -0.3 is 19.7 Å². The first kappa shape index (κ1) is 18.2. The van der Waals surface area contributed by atoms with Gasteiger partial charge in [-0.1, -0.05) is 25.5 Å². The molecule has 1 fully saturated rings. The minimum absolute atomic E-state index is 0.0513. The van der Waals surface area contributed by atoms with E-state index in [1.165, 1.54) is 0 Å². The number of carbonyl (C=O) groups is 2. The van der Waals surface area contributed by atoms with Crippen molar-refractivity contribution in [3.63, 3.8) is 0 Å². The Hall–Kier alpha value is -2.57. The number of oxazole rings is 1. The Balaban J connectivity index is 1.51. The maximum atomic E-state index is 12.4. The SMILES string of the molecule is CCCC(CNC(=O)C1CCN(c2nc3ccccc3o2)CC1)C(=O)O. The lowest BCUT2D eigenvalue weighted by molar-refractivity contribution is -0.142. The van der Waals surface area contributed by atoms with Gasteiger partial charge >= 0.3 is 5.97 Å². The summed E-state index contributed by atoms with van der Waals surface area (Å²) in [4.78, 5) is 30.1. The Bertz CT molecular complexity index is 732. The van der Waals surface area contributed by atoms with Gasteiger partial charge in [0.15, 0.2) is 5.58 Å². The molecule has 0 spiro atoms. The van der Waals surface area contributed by atoms with Crippen LogP contribution in [0.4, 0.5) is 6.01 Å². The van der Waals surface area contributed by atoms with Gasteiger partial charge in [-0.3, -0.25) is 9.59 Å². The molecule has 140 valence electrons. The predicted molar refractivity (Wildman–Crippen MR) is 98.0 cm³/mol. The van der Waals surface area contributed by atoms with Gasteiger partial charge in [0.05, 0.1) is 5.92 Å². The standard InChI is InChI=1S/C19H25N3O4/c1-2-5-14(18(24)25)12-20-17(23)13-8-10-22(11-9-13)19-21-15-6-3-4-7-16(15)26-19/h3-4,6-7,13-14H,2,5,8-12H2,1H3,(H,20,23)(H,24,25). The van der Waals surface area contributed by atoms with Crippen molar-refractivity contribution in [2.24, 2.45) is 11.8 Å². The Kier molecular flexibility index (Phi) is 5.75. The molecule has 7 heteroatoms. The number of fused-ring (bicyclic) bond motifs is 1. The molecule has 0 aliphatic carbocycles. The minimum Gasteiger partial charge on any atom is -0.481 e. The van der Waals surface area contributed by atoms with Crippen LogP contribution < -0.4 is 10.2 Å². The third-order valence-corrected chi connectivity index (χ3v) is 4.93. The Morgan fingerprint density at radius 1 is 1.35 bits per heavy atom. The van der Waals surface area contributed by atoms with E-state index in [1.54, 1.807) is 0 Å². The monoisotopic (exact) mass is 359 g/mol. The first-order valence-electron chi connectivity index (χ1n) is 9.19. The summed E-state index contributed by atoms with van der Waals surface area (Å²) in [5.41, 5.74) is 1.59. The molecular weight excluding hydrogens is 334 g/mol. The molecule has 0 radical (unpaired) electrons. The number of carboxylic acids is 1. The number of hydrogen-bond acceptors (Lipinski definition) is 5. The average molecular weight is 359 g/mol. The van der Waals surface area contributed by atoms with E-state index >= 15 is 0 Å². The third-order valence-electron chi connectivity index (χ3n) is 4.93. The van der Waals surface area contributed by atoms with Crippen molar-refractivity contribution in [3.8, 4) is 0 Å². The second kappa shape index (κ2) is 8.21. The fraction of sp³-hybridized carbons (Fsp3) is 0.526. The molecule has 1 aromatic heterocycles. The highest BCUT2D eigenvalue weighted by Gasteiger charge is 2.28. The van der Waals surface area contributed by atoms with Gasteiger partial charge in [0, 0.05) is 25.6 Å². The first-order valence-corrected chi connectivity index (χ1v) is 9.19. The van der Waals surface area contributed by atoms with Gasteiger partial charge in [0.1, 0.15) is 5.52 Å². The van der Waals surface area contributed by atoms with Crippen molar-refractivity contribution in [1.82, 2.24) is 10.3 Å². The summed E-state index contributed by atoms with van der Waals surface area (Å²) in [7, 11) is 0. The Morgan fingerprint density at radius 3 is 2.73 bits per heavy atom. The van der Waals surface area contributed by atoms with Crippen molar-refractivity contribution < 1.29 is 19.1 Å². The van der Waals surface area contributed by atoms with Crippen LogP contribution in [0.1, 0.15) is 32.6 Å². The van der Waals surface area contributed by atoms with Gasteiger partial charge in [-0.25, -0.2) is 0 Å². The number of nitrogens with zero attached hydrogens (tertiary/aromatic N) is 2. The lowest BCUT2D eigenvalue weighted by Gasteiger charge is -2.30. The molecular formula is C19H25N3O4. The quantitative estimate of drug-likeness (QED) is 0.789. The van der Waals surface area contributed by atoms with Crippen molar-refractivity contribution >= 4 is 29.0 Å². The van der Waals surface area contributed by atoms with Gasteiger partial charge in [0.2, 0.25) is 5.91 Å². The number of piperidine rings is 1. The molecule has 0 saturated carbocycles. The summed E-state index contributed by atoms with van der Waals surface area (Å²) in [5.74, 6) is -1.50. The lowest BCUT2D eigenvalue weighted by atomic mass is 9.95. The summed E-state index contributed by atoms with van der Waals surface area (Å²) in [6.07, 6.45) is 2.77. The number of aromatic nitrogens is 1. The fourth-order valence-electron chi connectivity index (χ4n) is 3.36. The molecule has 1 aliphatic rings. The van der Waals surface area contributed by atoms with Crippen molar-refractivity contribution in [2.75, 3.05) is 24.5 Å². The number of benzene rings is 1. The summed E-state index contributed by atoms with van der Waals surface area (Å²) >= 11 is 0. The molecule has 0 bridgehead atoms. The number of nitrogens with one attached hydrogen (secondary N) is 1. The Morgan fingerprint density at radius 2 is 2.08 bits per heavy atom. The van der Waals surface area contributed by atoms with Crippen LogP contribution in [-0.2, 0) is 9.59 Å². The van der Waals surface area contributed by atoms with Crippen molar-refractivity contribution in [2.45, 2.75) is 32.6 Å². The number of hydrogen-bond donors (Lipinski definition) is 2. The zero-order valence-corrected chi connectivity index (χ0v) is 15.0. The van der Waals surface area contributed by atoms with Crippen LogP contribution in [0, 0.1) is 11.8 Å². The summed E-state index contributed by atoms with van der Waals surface area (Å²) in [6.45, 7) is 3.54. The number of anilines is 1. The maximum Gasteiger partial charge on any atom is 0.308 e. The van der Waals surface area contributed by atoms with E-state index in [0.29, 0.717) is 38.4 Å². The minimum atomic E-state index is -0.849. The number of rotatable bonds is 7. The smallest absolute Gasteiger partial charge is 0.308 e. The van der Waals surface area contributed by atoms with Crippen LogP contribution in [0.5, 0.6) is 0 Å². The van der Waals surface area contributed by atoms with Crippen LogP contribution in [0.2, 0.25) is 0 Å². The lowest BCUT2D eigenvalue weighted by Crippen LogP contribution is -2.42. The molecule has 7 nitrogen and oxygen atoms in total. The largest absolute Gasteiger partial charge is 0.481 e. The predicted octanol–water partition coefficient (Wildman–Crippen LogP) is 2.66. The number of carbonyl (C=O) groups excluding carboxylic acids is 1. The summed E-state index contributed by atoms with van der Waals surface area (Å²) < 4.78 is 5.78. The van der Waals surface area contributed by atoms with Crippen LogP contribution in [0.3, 0.4) is 0 Å². The van der Waals surface area contributed by atoms with Gasteiger partial charge in [-0.05, 0) is 31.4 Å². The molecule has 2 N–H and O–H groups in total. The van der Waals surface area contributed by atoms with Crippen LogP contribution in [-0.4, -0.2) is 41.6 Å². The van der Waals surface area contributed by atoms with Gasteiger partial charge in [0.25, 0.3) is 6.01 Å². The molecule has 2 heterocycles. The Labute approximate surface area is 152 Å². The van der Waals surface area contributed by atoms with Crippen LogP contribution >= 0.6 is 0 Å². The van der Waals surface area contributed by atoms with Crippen molar-refractivity contribution in [3.05, 3.63) is 24.3 Å². The van der Waals surface area contributed by atoms with E-state index in [-0.39, 0.29) is 18.4 Å². The summed E-state index contributed by atoms with van der Waals surface area (Å²) in [5, 5.41) is 12.0. The zero-order chi connectivity index (χ0) is 18.5. The molecule has 26 heavy (non-hydrogen) atoms. The van der Waals surface area contributed by atoms with E-state index in [2.05, 4.69) is 15.2 Å². The topological polar surface area (TPSA) is 95.7 Å². The van der Waals surface area contributed by atoms with Gasteiger partial charge in [-0.2, -0.15) is 4.98 Å². The van der Waals surface area contributed by atoms with E-state index in [0.717, 1.165) is 17.5 Å². The molecule has 1 aromatic carbocycles. The zero-order valence-electron chi connectivity index (χ0n) is 15.0. The van der Waals surface area contributed by atoms with Crippen molar-refractivity contribution in [1.29, 1.82) is 0 Å².